The maximum Gasteiger partial charge on any atom is 0.115 e. The summed E-state index contributed by atoms with van der Waals surface area (Å²) in [5.41, 5.74) is 7.04. The standard InChI is InChI=1S/C20H25N3O/c1-2-20(18-8-10-19(24)11-9-18)21-23-14-12-22(13-15-23)16-17-6-4-3-5-7-17/h2-11,21,24H,12-16H2,1H3. The molecule has 0 aliphatic carbocycles. The van der Waals surface area contributed by atoms with Gasteiger partial charge in [-0.3, -0.25) is 4.90 Å². The molecule has 1 aliphatic rings. The van der Waals surface area contributed by atoms with Crippen molar-refractivity contribution in [2.45, 2.75) is 13.5 Å². The maximum absolute atomic E-state index is 9.43. The van der Waals surface area contributed by atoms with E-state index < -0.39 is 0 Å². The molecule has 1 heterocycles. The molecule has 0 spiro atoms. The second-order valence-electron chi connectivity index (χ2n) is 6.11. The Labute approximate surface area is 144 Å². The van der Waals surface area contributed by atoms with E-state index in [2.05, 4.69) is 51.7 Å². The molecule has 3 rings (SSSR count). The molecule has 0 atom stereocenters. The molecule has 24 heavy (non-hydrogen) atoms. The van der Waals surface area contributed by atoms with Gasteiger partial charge in [-0.1, -0.05) is 36.4 Å². The summed E-state index contributed by atoms with van der Waals surface area (Å²) in [7, 11) is 0. The van der Waals surface area contributed by atoms with Gasteiger partial charge in [-0.2, -0.15) is 0 Å². The van der Waals surface area contributed by atoms with Gasteiger partial charge in [0.1, 0.15) is 5.75 Å². The van der Waals surface area contributed by atoms with Crippen LogP contribution in [0, 0.1) is 0 Å². The van der Waals surface area contributed by atoms with Gasteiger partial charge in [0, 0.05) is 32.7 Å². The van der Waals surface area contributed by atoms with Crippen LogP contribution >= 0.6 is 0 Å². The monoisotopic (exact) mass is 323 g/mol. The summed E-state index contributed by atoms with van der Waals surface area (Å²) in [4.78, 5) is 2.49. The number of allylic oxidation sites excluding steroid dienone is 1. The van der Waals surface area contributed by atoms with E-state index in [-0.39, 0.29) is 0 Å². The van der Waals surface area contributed by atoms with E-state index in [0.29, 0.717) is 5.75 Å². The fourth-order valence-corrected chi connectivity index (χ4v) is 2.97. The van der Waals surface area contributed by atoms with Crippen molar-refractivity contribution in [1.29, 1.82) is 0 Å². The predicted molar refractivity (Wildman–Crippen MR) is 98.2 cm³/mol. The second kappa shape index (κ2) is 7.99. The van der Waals surface area contributed by atoms with Crippen LogP contribution in [0.15, 0.2) is 60.7 Å². The first-order valence-electron chi connectivity index (χ1n) is 8.48. The Kier molecular flexibility index (Phi) is 5.51. The van der Waals surface area contributed by atoms with Crippen LogP contribution in [0.25, 0.3) is 5.70 Å². The van der Waals surface area contributed by atoms with E-state index in [1.54, 1.807) is 12.1 Å². The Hall–Kier alpha value is -2.30. The van der Waals surface area contributed by atoms with E-state index in [0.717, 1.165) is 44.0 Å². The highest BCUT2D eigenvalue weighted by molar-refractivity contribution is 5.63. The third kappa shape index (κ3) is 4.37. The summed E-state index contributed by atoms with van der Waals surface area (Å²) in [6.07, 6.45) is 2.07. The van der Waals surface area contributed by atoms with Gasteiger partial charge in [0.15, 0.2) is 0 Å². The van der Waals surface area contributed by atoms with Crippen LogP contribution in [0.1, 0.15) is 18.1 Å². The number of hydrogen-bond donors (Lipinski definition) is 2. The molecule has 4 nitrogen and oxygen atoms in total. The topological polar surface area (TPSA) is 38.7 Å². The Morgan fingerprint density at radius 2 is 1.67 bits per heavy atom. The van der Waals surface area contributed by atoms with Gasteiger partial charge in [-0.05, 0) is 42.3 Å². The zero-order valence-electron chi connectivity index (χ0n) is 14.2. The van der Waals surface area contributed by atoms with Gasteiger partial charge in [0.2, 0.25) is 0 Å². The molecule has 4 heteroatoms. The van der Waals surface area contributed by atoms with Crippen molar-refractivity contribution < 1.29 is 5.11 Å². The number of nitrogens with zero attached hydrogens (tertiary/aromatic N) is 2. The Bertz CT molecular complexity index is 659. The van der Waals surface area contributed by atoms with Gasteiger partial charge in [0.05, 0.1) is 5.70 Å². The molecule has 0 amide bonds. The molecule has 0 saturated carbocycles. The molecule has 0 radical (unpaired) electrons. The van der Waals surface area contributed by atoms with E-state index in [1.165, 1.54) is 5.56 Å². The van der Waals surface area contributed by atoms with E-state index in [1.807, 2.05) is 19.1 Å². The van der Waals surface area contributed by atoms with Crippen LogP contribution in [0.3, 0.4) is 0 Å². The third-order valence-corrected chi connectivity index (χ3v) is 4.37. The first-order chi connectivity index (χ1) is 11.7. The summed E-state index contributed by atoms with van der Waals surface area (Å²) in [5, 5.41) is 11.7. The summed E-state index contributed by atoms with van der Waals surface area (Å²) in [6, 6.07) is 17.9. The normalized spacial score (nSPS) is 17.0. The minimum atomic E-state index is 0.295. The number of rotatable bonds is 5. The van der Waals surface area contributed by atoms with E-state index in [4.69, 9.17) is 0 Å². The lowest BCUT2D eigenvalue weighted by molar-refractivity contribution is 0.104. The molecular formula is C20H25N3O. The number of phenolic OH excluding ortho intramolecular Hbond substituents is 1. The van der Waals surface area contributed by atoms with Crippen molar-refractivity contribution in [3.05, 3.63) is 71.8 Å². The van der Waals surface area contributed by atoms with Crippen molar-refractivity contribution >= 4 is 5.70 Å². The predicted octanol–water partition coefficient (Wildman–Crippen LogP) is 3.08. The lowest BCUT2D eigenvalue weighted by Crippen LogP contribution is -2.50. The third-order valence-electron chi connectivity index (χ3n) is 4.37. The Balaban J connectivity index is 1.52. The molecule has 2 aromatic rings. The number of hydrazine groups is 1. The highest BCUT2D eigenvalue weighted by atomic mass is 16.3. The number of phenols is 1. The van der Waals surface area contributed by atoms with Crippen molar-refractivity contribution in [1.82, 2.24) is 15.3 Å². The molecule has 126 valence electrons. The molecule has 1 saturated heterocycles. The van der Waals surface area contributed by atoms with Gasteiger partial charge in [0.25, 0.3) is 0 Å². The highest BCUT2D eigenvalue weighted by Crippen LogP contribution is 2.17. The maximum atomic E-state index is 9.43. The fraction of sp³-hybridized carbons (Fsp3) is 0.300. The zero-order valence-corrected chi connectivity index (χ0v) is 14.2. The minimum absolute atomic E-state index is 0.295. The number of nitrogens with one attached hydrogen (secondary N) is 1. The zero-order chi connectivity index (χ0) is 16.8. The number of aromatic hydroxyl groups is 1. The molecule has 1 fully saturated rings. The molecule has 0 unspecified atom stereocenters. The SMILES string of the molecule is CC=C(NN1CCN(Cc2ccccc2)CC1)c1ccc(O)cc1. The first kappa shape index (κ1) is 16.6. The lowest BCUT2D eigenvalue weighted by atomic mass is 10.1. The van der Waals surface area contributed by atoms with E-state index in [9.17, 15) is 5.11 Å². The molecule has 2 N–H and O–H groups in total. The minimum Gasteiger partial charge on any atom is -0.508 e. The smallest absolute Gasteiger partial charge is 0.115 e. The summed E-state index contributed by atoms with van der Waals surface area (Å²) < 4.78 is 0. The lowest BCUT2D eigenvalue weighted by Gasteiger charge is -2.35. The largest absolute Gasteiger partial charge is 0.508 e. The molecule has 0 bridgehead atoms. The molecular weight excluding hydrogens is 298 g/mol. The highest BCUT2D eigenvalue weighted by Gasteiger charge is 2.17. The molecule has 2 aromatic carbocycles. The second-order valence-corrected chi connectivity index (χ2v) is 6.11. The molecule has 0 aromatic heterocycles. The van der Waals surface area contributed by atoms with Crippen LogP contribution in [-0.4, -0.2) is 41.2 Å². The van der Waals surface area contributed by atoms with Gasteiger partial charge >= 0.3 is 0 Å². The average Bonchev–Trinajstić information content (AvgIpc) is 2.63. The van der Waals surface area contributed by atoms with Crippen LogP contribution < -0.4 is 5.43 Å². The van der Waals surface area contributed by atoms with Crippen LogP contribution in [0.5, 0.6) is 5.75 Å². The quantitative estimate of drug-likeness (QED) is 0.887. The van der Waals surface area contributed by atoms with Crippen LogP contribution in [-0.2, 0) is 6.54 Å². The van der Waals surface area contributed by atoms with Crippen LogP contribution in [0.4, 0.5) is 0 Å². The van der Waals surface area contributed by atoms with E-state index >= 15 is 0 Å². The first-order valence-corrected chi connectivity index (χ1v) is 8.48. The van der Waals surface area contributed by atoms with Gasteiger partial charge in [-0.15, -0.1) is 0 Å². The number of piperazine rings is 1. The summed E-state index contributed by atoms with van der Waals surface area (Å²) >= 11 is 0. The van der Waals surface area contributed by atoms with Gasteiger partial charge < -0.3 is 10.5 Å². The Morgan fingerprint density at radius 1 is 1.00 bits per heavy atom. The van der Waals surface area contributed by atoms with Crippen molar-refractivity contribution in [3.63, 3.8) is 0 Å². The van der Waals surface area contributed by atoms with Crippen molar-refractivity contribution in [3.8, 4) is 5.75 Å². The van der Waals surface area contributed by atoms with Gasteiger partial charge in [-0.25, -0.2) is 5.01 Å². The van der Waals surface area contributed by atoms with Crippen molar-refractivity contribution in [2.24, 2.45) is 0 Å². The summed E-state index contributed by atoms with van der Waals surface area (Å²) in [6.45, 7) is 7.12. The Morgan fingerprint density at radius 3 is 2.29 bits per heavy atom. The molecule has 1 aliphatic heterocycles. The summed E-state index contributed by atoms with van der Waals surface area (Å²) in [5.74, 6) is 0.295. The number of benzene rings is 2. The van der Waals surface area contributed by atoms with Crippen molar-refractivity contribution in [2.75, 3.05) is 26.2 Å². The fourth-order valence-electron chi connectivity index (χ4n) is 2.97. The number of hydrogen-bond acceptors (Lipinski definition) is 4. The van der Waals surface area contributed by atoms with Crippen LogP contribution in [0.2, 0.25) is 0 Å². The average molecular weight is 323 g/mol.